The second-order valence-corrected chi connectivity index (χ2v) is 19.9. The fourth-order valence-corrected chi connectivity index (χ4v) is 9.61. The van der Waals surface area contributed by atoms with E-state index in [9.17, 15) is 9.59 Å². The van der Waals surface area contributed by atoms with Crippen LogP contribution in [0.5, 0.6) is 0 Å². The van der Waals surface area contributed by atoms with Crippen LogP contribution >= 0.6 is 0 Å². The number of carbonyl (C=O) groups excluding carboxylic acids is 2. The van der Waals surface area contributed by atoms with Gasteiger partial charge in [0.05, 0.1) is 11.8 Å². The Bertz CT molecular complexity index is 2730. The van der Waals surface area contributed by atoms with Gasteiger partial charge in [0.15, 0.2) is 0 Å². The van der Waals surface area contributed by atoms with Crippen molar-refractivity contribution in [1.82, 2.24) is 0 Å². The highest BCUT2D eigenvalue weighted by atomic mass is 16.5. The van der Waals surface area contributed by atoms with Gasteiger partial charge in [0.1, 0.15) is 12.2 Å². The molecule has 0 aliphatic carbocycles. The van der Waals surface area contributed by atoms with Crippen molar-refractivity contribution >= 4 is 46.1 Å². The van der Waals surface area contributed by atoms with Crippen molar-refractivity contribution in [3.8, 4) is 11.1 Å². The summed E-state index contributed by atoms with van der Waals surface area (Å²) < 4.78 is 12.8. The van der Waals surface area contributed by atoms with Crippen LogP contribution in [0.2, 0.25) is 0 Å². The number of rotatable bonds is 21. The van der Waals surface area contributed by atoms with Gasteiger partial charge in [0, 0.05) is 47.0 Å². The van der Waals surface area contributed by atoms with E-state index in [0.29, 0.717) is 12.8 Å². The highest BCUT2D eigenvalue weighted by molar-refractivity contribution is 5.79. The zero-order valence-electron chi connectivity index (χ0n) is 44.6. The zero-order chi connectivity index (χ0) is 52.1. The van der Waals surface area contributed by atoms with Gasteiger partial charge in [-0.2, -0.15) is 0 Å². The molecule has 6 heteroatoms. The maximum absolute atomic E-state index is 13.6. The van der Waals surface area contributed by atoms with Crippen LogP contribution in [-0.4, -0.2) is 11.9 Å². The molecular weight excluding hydrogens is 909 g/mol. The molecule has 8 rings (SSSR count). The van der Waals surface area contributed by atoms with Crippen LogP contribution < -0.4 is 9.80 Å². The average Bonchev–Trinajstić information content (AvgIpc) is 3.42. The molecule has 0 aliphatic heterocycles. The Labute approximate surface area is 440 Å². The highest BCUT2D eigenvalue weighted by Crippen LogP contribution is 2.39. The monoisotopic (exact) mass is 981 g/mol. The second-order valence-electron chi connectivity index (χ2n) is 19.9. The van der Waals surface area contributed by atoms with Crippen LogP contribution in [0.3, 0.4) is 0 Å². The second kappa shape index (κ2) is 24.8. The standard InChI is InChI=1S/C68H72N2O4/c1-9-53(10-2)67(71)73-65(57-29-41-63(42-30-57)69(59-33-13-47(5)14-34-59)60-35-15-48(6)16-36-60)45-51-21-25-55(26-22-51)56-27-23-52(24-28-56)46-66(74-68(72)54(11-3)12-4)58-31-43-64(44-32-58)70(61-37-17-49(7)18-38-61)62-39-19-50(8)20-40-62/h13-44,53-54,65-66H,9-12,45-46H2,1-8H3. The minimum atomic E-state index is -0.460. The molecule has 6 nitrogen and oxygen atoms in total. The molecule has 2 atom stereocenters. The predicted octanol–water partition coefficient (Wildman–Crippen LogP) is 18.1. The summed E-state index contributed by atoms with van der Waals surface area (Å²) in [5.74, 6) is -0.626. The van der Waals surface area contributed by atoms with Gasteiger partial charge in [-0.05, 0) is 160 Å². The molecule has 378 valence electrons. The number of nitrogens with zero attached hydrogens (tertiary/aromatic N) is 2. The molecule has 0 aromatic heterocycles. The maximum atomic E-state index is 13.6. The number of ether oxygens (including phenoxy) is 2. The third-order valence-corrected chi connectivity index (χ3v) is 14.5. The first-order valence-electron chi connectivity index (χ1n) is 26.6. The molecule has 2 unspecified atom stereocenters. The molecular formula is C68H72N2O4. The normalized spacial score (nSPS) is 12.1. The number of esters is 2. The summed E-state index contributed by atoms with van der Waals surface area (Å²) in [6.45, 7) is 16.6. The minimum absolute atomic E-state index is 0.155. The Morgan fingerprint density at radius 1 is 0.338 bits per heavy atom. The van der Waals surface area contributed by atoms with E-state index >= 15 is 0 Å². The summed E-state index contributed by atoms with van der Waals surface area (Å²) in [7, 11) is 0. The summed E-state index contributed by atoms with van der Waals surface area (Å²) in [6.07, 6.45) is 3.09. The quantitative estimate of drug-likeness (QED) is 0.0669. The molecule has 74 heavy (non-hydrogen) atoms. The van der Waals surface area contributed by atoms with Crippen molar-refractivity contribution in [2.75, 3.05) is 9.80 Å². The van der Waals surface area contributed by atoms with Crippen LogP contribution in [0.15, 0.2) is 194 Å². The molecule has 0 radical (unpaired) electrons. The fourth-order valence-electron chi connectivity index (χ4n) is 9.61. The first-order valence-corrected chi connectivity index (χ1v) is 26.6. The largest absolute Gasteiger partial charge is 0.457 e. The van der Waals surface area contributed by atoms with E-state index in [0.717, 1.165) is 93.2 Å². The Morgan fingerprint density at radius 3 is 0.797 bits per heavy atom. The van der Waals surface area contributed by atoms with E-state index in [2.05, 4.69) is 232 Å². The van der Waals surface area contributed by atoms with Crippen molar-refractivity contribution < 1.29 is 19.1 Å². The van der Waals surface area contributed by atoms with E-state index in [1.165, 1.54) is 22.3 Å². The number of hydrogen-bond acceptors (Lipinski definition) is 6. The first-order chi connectivity index (χ1) is 35.9. The maximum Gasteiger partial charge on any atom is 0.309 e. The van der Waals surface area contributed by atoms with Gasteiger partial charge in [-0.25, -0.2) is 0 Å². The van der Waals surface area contributed by atoms with E-state index < -0.39 is 12.2 Å². The van der Waals surface area contributed by atoms with E-state index in [1.54, 1.807) is 0 Å². The van der Waals surface area contributed by atoms with Gasteiger partial charge in [0.25, 0.3) is 0 Å². The van der Waals surface area contributed by atoms with Gasteiger partial charge >= 0.3 is 11.9 Å². The molecule has 0 fully saturated rings. The Hall–Kier alpha value is -7.70. The van der Waals surface area contributed by atoms with Crippen LogP contribution in [0.25, 0.3) is 11.1 Å². The third kappa shape index (κ3) is 13.1. The lowest BCUT2D eigenvalue weighted by atomic mass is 9.96. The third-order valence-electron chi connectivity index (χ3n) is 14.5. The summed E-state index contributed by atoms with van der Waals surface area (Å²) in [5, 5.41) is 0. The van der Waals surface area contributed by atoms with E-state index in [1.807, 2.05) is 27.7 Å². The van der Waals surface area contributed by atoms with Crippen LogP contribution in [0, 0.1) is 39.5 Å². The number of hydrogen-bond donors (Lipinski definition) is 0. The van der Waals surface area contributed by atoms with Gasteiger partial charge in [0.2, 0.25) is 0 Å². The molecule has 0 heterocycles. The van der Waals surface area contributed by atoms with E-state index in [-0.39, 0.29) is 23.8 Å². The van der Waals surface area contributed by atoms with Crippen molar-refractivity contribution in [3.63, 3.8) is 0 Å². The Balaban J connectivity index is 1.01. The fraction of sp³-hybridized carbons (Fsp3) is 0.265. The Kier molecular flexibility index (Phi) is 17.6. The van der Waals surface area contributed by atoms with Crippen molar-refractivity contribution in [1.29, 1.82) is 0 Å². The molecule has 0 amide bonds. The zero-order valence-corrected chi connectivity index (χ0v) is 44.6. The van der Waals surface area contributed by atoms with Gasteiger partial charge in [-0.15, -0.1) is 0 Å². The Morgan fingerprint density at radius 2 is 0.568 bits per heavy atom. The lowest BCUT2D eigenvalue weighted by Gasteiger charge is -2.27. The van der Waals surface area contributed by atoms with Crippen LogP contribution in [-0.2, 0) is 31.9 Å². The lowest BCUT2D eigenvalue weighted by molar-refractivity contribution is -0.155. The molecule has 0 N–H and O–H groups in total. The number of aryl methyl sites for hydroxylation is 4. The number of benzene rings is 8. The SMILES string of the molecule is CCC(CC)C(=O)OC(Cc1ccc(-c2ccc(CC(OC(=O)C(CC)CC)c3ccc(N(c4ccc(C)cc4)c4ccc(C)cc4)cc3)cc2)cc1)c1ccc(N(c2ccc(C)cc2)c2ccc(C)cc2)cc1. The van der Waals surface area contributed by atoms with Gasteiger partial charge in [-0.3, -0.25) is 9.59 Å². The molecule has 0 aliphatic rings. The smallest absolute Gasteiger partial charge is 0.309 e. The number of anilines is 6. The lowest BCUT2D eigenvalue weighted by Crippen LogP contribution is -2.21. The summed E-state index contributed by atoms with van der Waals surface area (Å²) in [6, 6.07) is 68.4. The summed E-state index contributed by atoms with van der Waals surface area (Å²) in [5.41, 5.74) is 17.4. The van der Waals surface area contributed by atoms with Crippen molar-refractivity contribution in [2.24, 2.45) is 11.8 Å². The first kappa shape index (κ1) is 52.6. The van der Waals surface area contributed by atoms with Crippen molar-refractivity contribution in [3.05, 3.63) is 239 Å². The summed E-state index contributed by atoms with van der Waals surface area (Å²) >= 11 is 0. The van der Waals surface area contributed by atoms with Crippen LogP contribution in [0.1, 0.15) is 110 Å². The van der Waals surface area contributed by atoms with E-state index in [4.69, 9.17) is 9.47 Å². The molecule has 8 aromatic rings. The van der Waals surface area contributed by atoms with Crippen molar-refractivity contribution in [2.45, 2.75) is 106 Å². The molecule has 0 saturated heterocycles. The summed E-state index contributed by atoms with van der Waals surface area (Å²) in [4.78, 5) is 31.7. The highest BCUT2D eigenvalue weighted by Gasteiger charge is 2.26. The molecule has 0 bridgehead atoms. The number of carbonyl (C=O) groups is 2. The van der Waals surface area contributed by atoms with Crippen LogP contribution in [0.4, 0.5) is 34.1 Å². The molecule has 0 spiro atoms. The molecule has 0 saturated carbocycles. The van der Waals surface area contributed by atoms with Gasteiger partial charge in [-0.1, -0.05) is 171 Å². The molecule has 8 aromatic carbocycles. The predicted molar refractivity (Wildman–Crippen MR) is 306 cm³/mol. The topological polar surface area (TPSA) is 59.1 Å². The minimum Gasteiger partial charge on any atom is -0.457 e. The average molecular weight is 981 g/mol. The van der Waals surface area contributed by atoms with Gasteiger partial charge < -0.3 is 19.3 Å².